The summed E-state index contributed by atoms with van der Waals surface area (Å²) in [6, 6.07) is 1.63. The molecule has 0 spiro atoms. The predicted molar refractivity (Wildman–Crippen MR) is 56.5 cm³/mol. The molecule has 0 aliphatic carbocycles. The molecule has 1 heterocycles. The number of aryl methyl sites for hydroxylation is 1. The summed E-state index contributed by atoms with van der Waals surface area (Å²) in [4.78, 5) is 11.7. The molecule has 4 heteroatoms. The van der Waals surface area contributed by atoms with Crippen LogP contribution in [0.5, 0.6) is 0 Å². The van der Waals surface area contributed by atoms with Gasteiger partial charge in [-0.15, -0.1) is 0 Å². The van der Waals surface area contributed by atoms with Crippen LogP contribution >= 0.6 is 0 Å². The summed E-state index contributed by atoms with van der Waals surface area (Å²) in [7, 11) is 0. The third kappa shape index (κ3) is 3.09. The molecule has 0 unspecified atom stereocenters. The largest absolute Gasteiger partial charge is 0.464 e. The van der Waals surface area contributed by atoms with Gasteiger partial charge in [-0.05, 0) is 33.8 Å². The average molecular weight is 211 g/mol. The Morgan fingerprint density at radius 2 is 2.13 bits per heavy atom. The van der Waals surface area contributed by atoms with Crippen LogP contribution in [-0.2, 0) is 11.3 Å². The number of nitrogens with two attached hydrogens (primary N) is 1. The van der Waals surface area contributed by atoms with E-state index in [0.717, 1.165) is 0 Å². The second kappa shape index (κ2) is 4.06. The fraction of sp³-hybridized carbons (Fsp3) is 0.545. The van der Waals surface area contributed by atoms with E-state index in [1.54, 1.807) is 13.0 Å². The molecule has 0 fully saturated rings. The van der Waals surface area contributed by atoms with Crippen molar-refractivity contribution in [3.05, 3.63) is 23.2 Å². The Morgan fingerprint density at radius 3 is 2.53 bits per heavy atom. The molecule has 84 valence electrons. The number of hydrogen-bond acceptors (Lipinski definition) is 4. The molecular formula is C11H17NO3. The molecule has 1 aromatic rings. The first-order valence-corrected chi connectivity index (χ1v) is 4.86. The average Bonchev–Trinajstić information content (AvgIpc) is 2.43. The third-order valence-electron chi connectivity index (χ3n) is 1.79. The van der Waals surface area contributed by atoms with Gasteiger partial charge in [0.1, 0.15) is 22.7 Å². The van der Waals surface area contributed by atoms with Gasteiger partial charge in [0, 0.05) is 0 Å². The third-order valence-corrected chi connectivity index (χ3v) is 1.79. The molecule has 0 radical (unpaired) electrons. The first-order valence-electron chi connectivity index (χ1n) is 4.86. The van der Waals surface area contributed by atoms with E-state index in [9.17, 15) is 4.79 Å². The van der Waals surface area contributed by atoms with E-state index < -0.39 is 5.60 Å². The Balaban J connectivity index is 2.87. The molecule has 1 aromatic heterocycles. The number of carbonyl (C=O) groups is 1. The smallest absolute Gasteiger partial charge is 0.342 e. The van der Waals surface area contributed by atoms with Crippen molar-refractivity contribution in [2.45, 2.75) is 39.8 Å². The van der Waals surface area contributed by atoms with Crippen LogP contribution in [0, 0.1) is 6.92 Å². The maximum atomic E-state index is 11.7. The van der Waals surface area contributed by atoms with Crippen molar-refractivity contribution in [2.75, 3.05) is 0 Å². The summed E-state index contributed by atoms with van der Waals surface area (Å²) in [5, 5.41) is 0. The van der Waals surface area contributed by atoms with E-state index >= 15 is 0 Å². The fourth-order valence-electron chi connectivity index (χ4n) is 1.18. The minimum Gasteiger partial charge on any atom is -0.464 e. The SMILES string of the molecule is Cc1oc(CN)cc1C(=O)OC(C)(C)C. The molecule has 0 saturated carbocycles. The van der Waals surface area contributed by atoms with Gasteiger partial charge in [0.25, 0.3) is 0 Å². The van der Waals surface area contributed by atoms with Gasteiger partial charge in [-0.1, -0.05) is 0 Å². The Kier molecular flexibility index (Phi) is 3.19. The molecule has 0 aliphatic rings. The number of furan rings is 1. The Hall–Kier alpha value is -1.29. The van der Waals surface area contributed by atoms with Crippen LogP contribution in [0.15, 0.2) is 10.5 Å². The molecular weight excluding hydrogens is 194 g/mol. The number of carbonyl (C=O) groups excluding carboxylic acids is 1. The molecule has 0 aromatic carbocycles. The van der Waals surface area contributed by atoms with Crippen LogP contribution in [-0.4, -0.2) is 11.6 Å². The highest BCUT2D eigenvalue weighted by atomic mass is 16.6. The van der Waals surface area contributed by atoms with E-state index in [4.69, 9.17) is 14.9 Å². The zero-order valence-electron chi connectivity index (χ0n) is 9.59. The van der Waals surface area contributed by atoms with Crippen LogP contribution in [0.2, 0.25) is 0 Å². The summed E-state index contributed by atoms with van der Waals surface area (Å²) in [5.41, 5.74) is 5.37. The summed E-state index contributed by atoms with van der Waals surface area (Å²) < 4.78 is 10.5. The molecule has 4 nitrogen and oxygen atoms in total. The fourth-order valence-corrected chi connectivity index (χ4v) is 1.18. The van der Waals surface area contributed by atoms with Crippen LogP contribution in [0.3, 0.4) is 0 Å². The van der Waals surface area contributed by atoms with E-state index in [1.807, 2.05) is 20.8 Å². The first kappa shape index (κ1) is 11.8. The molecule has 0 atom stereocenters. The van der Waals surface area contributed by atoms with Gasteiger partial charge >= 0.3 is 5.97 Å². The summed E-state index contributed by atoms with van der Waals surface area (Å²) in [6.45, 7) is 7.47. The van der Waals surface area contributed by atoms with Gasteiger partial charge in [-0.2, -0.15) is 0 Å². The summed E-state index contributed by atoms with van der Waals surface area (Å²) >= 11 is 0. The zero-order valence-corrected chi connectivity index (χ0v) is 9.59. The maximum Gasteiger partial charge on any atom is 0.342 e. The highest BCUT2D eigenvalue weighted by Gasteiger charge is 2.21. The van der Waals surface area contributed by atoms with Gasteiger partial charge < -0.3 is 14.9 Å². The van der Waals surface area contributed by atoms with Crippen molar-refractivity contribution in [3.63, 3.8) is 0 Å². The Labute approximate surface area is 89.4 Å². The molecule has 2 N–H and O–H groups in total. The molecule has 15 heavy (non-hydrogen) atoms. The second-order valence-electron chi connectivity index (χ2n) is 4.39. The molecule has 1 rings (SSSR count). The van der Waals surface area contributed by atoms with Crippen molar-refractivity contribution >= 4 is 5.97 Å². The monoisotopic (exact) mass is 211 g/mol. The van der Waals surface area contributed by atoms with Gasteiger partial charge in [-0.25, -0.2) is 4.79 Å². The zero-order chi connectivity index (χ0) is 11.6. The van der Waals surface area contributed by atoms with E-state index in [2.05, 4.69) is 0 Å². The topological polar surface area (TPSA) is 65.5 Å². The predicted octanol–water partition coefficient (Wildman–Crippen LogP) is 2.00. The molecule has 0 aliphatic heterocycles. The lowest BCUT2D eigenvalue weighted by Gasteiger charge is -2.18. The quantitative estimate of drug-likeness (QED) is 0.760. The van der Waals surface area contributed by atoms with Crippen LogP contribution < -0.4 is 5.73 Å². The lowest BCUT2D eigenvalue weighted by atomic mass is 10.2. The second-order valence-corrected chi connectivity index (χ2v) is 4.39. The van der Waals surface area contributed by atoms with Gasteiger partial charge in [-0.3, -0.25) is 0 Å². The normalized spacial score (nSPS) is 11.5. The molecule has 0 bridgehead atoms. The minimum atomic E-state index is -0.496. The van der Waals surface area contributed by atoms with Crippen molar-refractivity contribution in [3.8, 4) is 0 Å². The lowest BCUT2D eigenvalue weighted by Crippen LogP contribution is -2.24. The first-order chi connectivity index (χ1) is 6.83. The van der Waals surface area contributed by atoms with Crippen molar-refractivity contribution in [1.29, 1.82) is 0 Å². The minimum absolute atomic E-state index is 0.281. The van der Waals surface area contributed by atoms with Crippen LogP contribution in [0.4, 0.5) is 0 Å². The van der Waals surface area contributed by atoms with Gasteiger partial charge in [0.05, 0.1) is 6.54 Å². The van der Waals surface area contributed by atoms with Crippen molar-refractivity contribution in [2.24, 2.45) is 5.73 Å². The van der Waals surface area contributed by atoms with E-state index in [0.29, 0.717) is 17.1 Å². The lowest BCUT2D eigenvalue weighted by molar-refractivity contribution is 0.00678. The summed E-state index contributed by atoms with van der Waals surface area (Å²) in [5.74, 6) is 0.765. The highest BCUT2D eigenvalue weighted by Crippen LogP contribution is 2.18. The Morgan fingerprint density at radius 1 is 1.53 bits per heavy atom. The molecule has 0 amide bonds. The van der Waals surface area contributed by atoms with Crippen LogP contribution in [0.25, 0.3) is 0 Å². The summed E-state index contributed by atoms with van der Waals surface area (Å²) in [6.07, 6.45) is 0. The van der Waals surface area contributed by atoms with Crippen molar-refractivity contribution in [1.82, 2.24) is 0 Å². The molecule has 0 saturated heterocycles. The number of hydrogen-bond donors (Lipinski definition) is 1. The number of ether oxygens (including phenoxy) is 1. The Bertz CT molecular complexity index is 360. The van der Waals surface area contributed by atoms with Crippen LogP contribution in [0.1, 0.15) is 42.6 Å². The number of rotatable bonds is 2. The maximum absolute atomic E-state index is 11.7. The van der Waals surface area contributed by atoms with Gasteiger partial charge in [0.2, 0.25) is 0 Å². The van der Waals surface area contributed by atoms with E-state index in [1.165, 1.54) is 0 Å². The standard InChI is InChI=1S/C11H17NO3/c1-7-9(5-8(6-12)14-7)10(13)15-11(2,3)4/h5H,6,12H2,1-4H3. The van der Waals surface area contributed by atoms with E-state index in [-0.39, 0.29) is 12.5 Å². The number of esters is 1. The van der Waals surface area contributed by atoms with Crippen molar-refractivity contribution < 1.29 is 13.9 Å². The highest BCUT2D eigenvalue weighted by molar-refractivity contribution is 5.90. The van der Waals surface area contributed by atoms with Gasteiger partial charge in [0.15, 0.2) is 0 Å².